The molecule has 1 aromatic rings. The van der Waals surface area contributed by atoms with Crippen LogP contribution in [0.15, 0.2) is 12.1 Å². The van der Waals surface area contributed by atoms with Crippen molar-refractivity contribution in [3.63, 3.8) is 0 Å². The number of nitrogens with two attached hydrogens (primary N) is 1. The van der Waals surface area contributed by atoms with Crippen LogP contribution in [-0.4, -0.2) is 33.3 Å². The summed E-state index contributed by atoms with van der Waals surface area (Å²) in [5.74, 6) is 1.18. The van der Waals surface area contributed by atoms with Crippen LogP contribution in [0.3, 0.4) is 0 Å². The van der Waals surface area contributed by atoms with Gasteiger partial charge in [-0.15, -0.1) is 0 Å². The maximum absolute atomic E-state index is 11.7. The van der Waals surface area contributed by atoms with E-state index in [4.69, 9.17) is 19.9 Å². The summed E-state index contributed by atoms with van der Waals surface area (Å²) in [4.78, 5) is 11.7. The summed E-state index contributed by atoms with van der Waals surface area (Å²) < 4.78 is 15.8. The molecule has 1 aliphatic carbocycles. The lowest BCUT2D eigenvalue weighted by atomic mass is 10.0. The molecule has 6 heteroatoms. The number of benzene rings is 1. The van der Waals surface area contributed by atoms with E-state index in [0.29, 0.717) is 28.9 Å². The first kappa shape index (κ1) is 14.5. The fraction of sp³-hybridized carbons (Fsp3) is 0.500. The topological polar surface area (TPSA) is 82.8 Å². The third kappa shape index (κ3) is 2.96. The van der Waals surface area contributed by atoms with Crippen LogP contribution in [0.1, 0.15) is 24.4 Å². The van der Waals surface area contributed by atoms with Gasteiger partial charge in [0.05, 0.1) is 21.3 Å². The van der Waals surface area contributed by atoms with Crippen molar-refractivity contribution < 1.29 is 19.0 Å². The zero-order valence-electron chi connectivity index (χ0n) is 11.9. The van der Waals surface area contributed by atoms with Crippen molar-refractivity contribution in [3.8, 4) is 17.2 Å². The van der Waals surface area contributed by atoms with Crippen LogP contribution in [0.25, 0.3) is 0 Å². The van der Waals surface area contributed by atoms with Crippen LogP contribution in [-0.2, 0) is 4.79 Å². The molecule has 1 fully saturated rings. The van der Waals surface area contributed by atoms with Crippen molar-refractivity contribution in [2.45, 2.75) is 24.9 Å². The van der Waals surface area contributed by atoms with Gasteiger partial charge in [0.25, 0.3) is 0 Å². The SMILES string of the molecule is COc1cc(OC)c(C(NC2CC2)C(N)=O)cc1OC. The van der Waals surface area contributed by atoms with Crippen molar-refractivity contribution in [3.05, 3.63) is 17.7 Å². The molecule has 1 amide bonds. The Kier molecular flexibility index (Phi) is 4.34. The standard InChI is InChI=1S/C14H20N2O4/c1-18-10-7-12(20-3)11(19-2)6-9(10)13(14(15)17)16-8-4-5-8/h6-8,13,16H,4-5H2,1-3H3,(H2,15,17). The molecule has 0 aliphatic heterocycles. The summed E-state index contributed by atoms with van der Waals surface area (Å²) in [5.41, 5.74) is 6.16. The number of nitrogens with one attached hydrogen (secondary N) is 1. The Bertz CT molecular complexity index is 500. The van der Waals surface area contributed by atoms with Gasteiger partial charge >= 0.3 is 0 Å². The average molecular weight is 280 g/mol. The summed E-state index contributed by atoms with van der Waals surface area (Å²) in [5, 5.41) is 3.22. The zero-order chi connectivity index (χ0) is 14.7. The van der Waals surface area contributed by atoms with Crippen molar-refractivity contribution in [1.82, 2.24) is 5.32 Å². The third-order valence-electron chi connectivity index (χ3n) is 3.31. The van der Waals surface area contributed by atoms with Gasteiger partial charge in [-0.25, -0.2) is 0 Å². The molecule has 3 N–H and O–H groups in total. The third-order valence-corrected chi connectivity index (χ3v) is 3.31. The molecule has 1 saturated carbocycles. The molecule has 6 nitrogen and oxygen atoms in total. The lowest BCUT2D eigenvalue weighted by molar-refractivity contribution is -0.120. The van der Waals surface area contributed by atoms with E-state index in [0.717, 1.165) is 12.8 Å². The van der Waals surface area contributed by atoms with E-state index >= 15 is 0 Å². The second-order valence-electron chi connectivity index (χ2n) is 4.73. The molecule has 0 aromatic heterocycles. The van der Waals surface area contributed by atoms with E-state index in [9.17, 15) is 4.79 Å². The normalized spacial score (nSPS) is 15.6. The van der Waals surface area contributed by atoms with Crippen molar-refractivity contribution in [2.24, 2.45) is 5.73 Å². The van der Waals surface area contributed by atoms with Crippen LogP contribution in [0, 0.1) is 0 Å². The number of hydrogen-bond donors (Lipinski definition) is 2. The molecule has 0 spiro atoms. The maximum atomic E-state index is 11.7. The molecule has 1 atom stereocenters. The van der Waals surface area contributed by atoms with Gasteiger partial charge in [-0.1, -0.05) is 0 Å². The number of amides is 1. The number of ether oxygens (including phenoxy) is 3. The van der Waals surface area contributed by atoms with Crippen LogP contribution in [0.2, 0.25) is 0 Å². The monoisotopic (exact) mass is 280 g/mol. The Morgan fingerprint density at radius 3 is 2.15 bits per heavy atom. The van der Waals surface area contributed by atoms with E-state index in [-0.39, 0.29) is 0 Å². The predicted molar refractivity (Wildman–Crippen MR) is 74.2 cm³/mol. The Balaban J connectivity index is 2.42. The fourth-order valence-electron chi connectivity index (χ4n) is 2.09. The maximum Gasteiger partial charge on any atom is 0.239 e. The van der Waals surface area contributed by atoms with Gasteiger partial charge in [0.15, 0.2) is 11.5 Å². The first-order valence-electron chi connectivity index (χ1n) is 6.46. The zero-order valence-corrected chi connectivity index (χ0v) is 11.9. The number of primary amides is 1. The van der Waals surface area contributed by atoms with Crippen molar-refractivity contribution in [2.75, 3.05) is 21.3 Å². The van der Waals surface area contributed by atoms with Crippen molar-refractivity contribution in [1.29, 1.82) is 0 Å². The first-order valence-corrected chi connectivity index (χ1v) is 6.46. The van der Waals surface area contributed by atoms with Crippen LogP contribution in [0.5, 0.6) is 17.2 Å². The molecule has 0 heterocycles. The Morgan fingerprint density at radius 1 is 1.15 bits per heavy atom. The number of carbonyl (C=O) groups excluding carboxylic acids is 1. The minimum absolute atomic E-state index is 0.338. The van der Waals surface area contributed by atoms with Gasteiger partial charge in [0.2, 0.25) is 5.91 Å². The fourth-order valence-corrected chi connectivity index (χ4v) is 2.09. The van der Waals surface area contributed by atoms with Crippen LogP contribution in [0.4, 0.5) is 0 Å². The number of rotatable bonds is 7. The molecule has 1 aliphatic rings. The largest absolute Gasteiger partial charge is 0.496 e. The highest BCUT2D eigenvalue weighted by atomic mass is 16.5. The molecular formula is C14H20N2O4. The van der Waals surface area contributed by atoms with Gasteiger partial charge in [0, 0.05) is 17.7 Å². The second-order valence-corrected chi connectivity index (χ2v) is 4.73. The average Bonchev–Trinajstić information content (AvgIpc) is 3.27. The van der Waals surface area contributed by atoms with Crippen LogP contribution < -0.4 is 25.3 Å². The van der Waals surface area contributed by atoms with Crippen LogP contribution >= 0.6 is 0 Å². The lowest BCUT2D eigenvalue weighted by Crippen LogP contribution is -2.35. The molecule has 0 radical (unpaired) electrons. The highest BCUT2D eigenvalue weighted by molar-refractivity contribution is 5.83. The Morgan fingerprint density at radius 2 is 1.70 bits per heavy atom. The Hall–Kier alpha value is -1.95. The smallest absolute Gasteiger partial charge is 0.239 e. The summed E-state index contributed by atoms with van der Waals surface area (Å²) in [6.45, 7) is 0. The lowest BCUT2D eigenvalue weighted by Gasteiger charge is -2.20. The van der Waals surface area contributed by atoms with E-state index < -0.39 is 11.9 Å². The minimum atomic E-state index is -0.600. The second kappa shape index (κ2) is 6.00. The summed E-state index contributed by atoms with van der Waals surface area (Å²) >= 11 is 0. The van der Waals surface area contributed by atoms with Gasteiger partial charge in [0.1, 0.15) is 11.8 Å². The molecule has 0 saturated heterocycles. The highest BCUT2D eigenvalue weighted by Gasteiger charge is 2.31. The number of methoxy groups -OCH3 is 3. The quantitative estimate of drug-likeness (QED) is 0.778. The number of carbonyl (C=O) groups is 1. The highest BCUT2D eigenvalue weighted by Crippen LogP contribution is 2.38. The molecule has 1 unspecified atom stereocenters. The summed E-state index contributed by atoms with van der Waals surface area (Å²) in [6, 6.07) is 3.16. The first-order chi connectivity index (χ1) is 9.60. The predicted octanol–water partition coefficient (Wildman–Crippen LogP) is 0.991. The molecule has 20 heavy (non-hydrogen) atoms. The molecule has 1 aromatic carbocycles. The van der Waals surface area contributed by atoms with E-state index in [2.05, 4.69) is 5.32 Å². The van der Waals surface area contributed by atoms with Crippen molar-refractivity contribution >= 4 is 5.91 Å². The van der Waals surface area contributed by atoms with E-state index in [1.807, 2.05) is 0 Å². The van der Waals surface area contributed by atoms with E-state index in [1.165, 1.54) is 0 Å². The molecule has 110 valence electrons. The van der Waals surface area contributed by atoms with E-state index in [1.54, 1.807) is 33.5 Å². The van der Waals surface area contributed by atoms with Gasteiger partial charge in [-0.2, -0.15) is 0 Å². The molecular weight excluding hydrogens is 260 g/mol. The van der Waals surface area contributed by atoms with Gasteiger partial charge in [-0.3, -0.25) is 10.1 Å². The summed E-state index contributed by atoms with van der Waals surface area (Å²) in [6.07, 6.45) is 2.11. The van der Waals surface area contributed by atoms with Gasteiger partial charge in [-0.05, 0) is 18.9 Å². The number of hydrogen-bond acceptors (Lipinski definition) is 5. The van der Waals surface area contributed by atoms with Gasteiger partial charge < -0.3 is 19.9 Å². The molecule has 0 bridgehead atoms. The Labute approximate surface area is 118 Å². The molecule has 2 rings (SSSR count). The summed E-state index contributed by atoms with van der Waals surface area (Å²) in [7, 11) is 4.63. The minimum Gasteiger partial charge on any atom is -0.496 e.